The van der Waals surface area contributed by atoms with Crippen molar-refractivity contribution in [1.29, 1.82) is 0 Å². The molecular weight excluding hydrogens is 296 g/mol. The van der Waals surface area contributed by atoms with E-state index < -0.39 is 0 Å². The highest BCUT2D eigenvalue weighted by Gasteiger charge is 2.61. The van der Waals surface area contributed by atoms with E-state index >= 15 is 0 Å². The monoisotopic (exact) mass is 320 g/mol. The summed E-state index contributed by atoms with van der Waals surface area (Å²) >= 11 is 6.34. The Morgan fingerprint density at radius 2 is 1.82 bits per heavy atom. The number of ketones is 2. The van der Waals surface area contributed by atoms with Gasteiger partial charge in [0.05, 0.1) is 5.38 Å². The molecule has 0 aromatic heterocycles. The highest BCUT2D eigenvalue weighted by Crippen LogP contribution is 2.64. The molecule has 0 amide bonds. The molecule has 0 aromatic rings. The van der Waals surface area contributed by atoms with Crippen molar-refractivity contribution < 1.29 is 9.59 Å². The fourth-order valence-corrected chi connectivity index (χ4v) is 6.75. The number of halogens is 1. The van der Waals surface area contributed by atoms with Crippen molar-refractivity contribution in [1.82, 2.24) is 0 Å². The predicted octanol–water partition coefficient (Wildman–Crippen LogP) is 4.30. The number of alkyl halides is 1. The number of carbonyl (C=O) groups is 2. The standard InChI is InChI=1S/C19H25ClO2/c1-18-7-5-12(21)9-11(18)3-4-13-14(18)6-8-19(2)15(13)10-16(20)17(19)22/h9,13-16H,3-8,10H2,1-2H3. The van der Waals surface area contributed by atoms with Gasteiger partial charge in [0.25, 0.3) is 0 Å². The lowest BCUT2D eigenvalue weighted by atomic mass is 9.47. The summed E-state index contributed by atoms with van der Waals surface area (Å²) in [4.78, 5) is 24.4. The van der Waals surface area contributed by atoms with Crippen LogP contribution in [0.5, 0.6) is 0 Å². The zero-order chi connectivity index (χ0) is 15.7. The Labute approximate surface area is 137 Å². The molecule has 0 saturated heterocycles. The van der Waals surface area contributed by atoms with Crippen molar-refractivity contribution in [3.05, 3.63) is 11.6 Å². The SMILES string of the molecule is CC12CCC3C(CCC4=CC(=O)CCC43C)C1CC(Cl)C2=O. The lowest BCUT2D eigenvalue weighted by Gasteiger charge is -2.56. The van der Waals surface area contributed by atoms with Crippen LogP contribution in [0.25, 0.3) is 0 Å². The van der Waals surface area contributed by atoms with E-state index in [9.17, 15) is 9.59 Å². The van der Waals surface area contributed by atoms with Gasteiger partial charge in [0, 0.05) is 11.8 Å². The van der Waals surface area contributed by atoms with E-state index in [2.05, 4.69) is 13.8 Å². The lowest BCUT2D eigenvalue weighted by Crippen LogP contribution is -2.50. The van der Waals surface area contributed by atoms with E-state index in [1.807, 2.05) is 6.08 Å². The van der Waals surface area contributed by atoms with E-state index in [1.165, 1.54) is 5.57 Å². The van der Waals surface area contributed by atoms with E-state index in [1.54, 1.807) is 0 Å². The molecule has 2 nitrogen and oxygen atoms in total. The smallest absolute Gasteiger partial charge is 0.156 e. The number of carbonyl (C=O) groups excluding carboxylic acids is 2. The van der Waals surface area contributed by atoms with Gasteiger partial charge in [0.1, 0.15) is 0 Å². The van der Waals surface area contributed by atoms with Gasteiger partial charge < -0.3 is 0 Å². The van der Waals surface area contributed by atoms with Crippen molar-refractivity contribution >= 4 is 23.2 Å². The summed E-state index contributed by atoms with van der Waals surface area (Å²) < 4.78 is 0. The van der Waals surface area contributed by atoms with Crippen LogP contribution in [-0.2, 0) is 9.59 Å². The van der Waals surface area contributed by atoms with Crippen LogP contribution in [0.4, 0.5) is 0 Å². The third-order valence-electron chi connectivity index (χ3n) is 7.66. The molecule has 3 saturated carbocycles. The van der Waals surface area contributed by atoms with Crippen LogP contribution < -0.4 is 0 Å². The molecule has 0 radical (unpaired) electrons. The highest BCUT2D eigenvalue weighted by atomic mass is 35.5. The second-order valence-corrected chi connectivity index (χ2v) is 9.02. The maximum absolute atomic E-state index is 12.6. The molecule has 4 aliphatic rings. The highest BCUT2D eigenvalue weighted by molar-refractivity contribution is 6.32. The second-order valence-electron chi connectivity index (χ2n) is 8.49. The van der Waals surface area contributed by atoms with Gasteiger partial charge in [0.2, 0.25) is 0 Å². The molecule has 4 aliphatic carbocycles. The molecular formula is C19H25ClO2. The van der Waals surface area contributed by atoms with Crippen LogP contribution >= 0.6 is 11.6 Å². The van der Waals surface area contributed by atoms with Crippen molar-refractivity contribution in [2.24, 2.45) is 28.6 Å². The zero-order valence-electron chi connectivity index (χ0n) is 13.5. The number of hydrogen-bond acceptors (Lipinski definition) is 2. The minimum atomic E-state index is -0.272. The molecule has 0 N–H and O–H groups in total. The molecule has 4 rings (SSSR count). The quantitative estimate of drug-likeness (QED) is 0.623. The summed E-state index contributed by atoms with van der Waals surface area (Å²) in [5.41, 5.74) is 1.39. The molecule has 0 spiro atoms. The molecule has 3 heteroatoms. The van der Waals surface area contributed by atoms with Gasteiger partial charge in [-0.2, -0.15) is 0 Å². The maximum atomic E-state index is 12.6. The fraction of sp³-hybridized carbons (Fsp3) is 0.789. The van der Waals surface area contributed by atoms with Crippen LogP contribution in [0.3, 0.4) is 0 Å². The van der Waals surface area contributed by atoms with Crippen molar-refractivity contribution in [2.45, 2.75) is 64.2 Å². The van der Waals surface area contributed by atoms with Gasteiger partial charge in [-0.05, 0) is 67.8 Å². The summed E-state index contributed by atoms with van der Waals surface area (Å²) in [6.07, 6.45) is 8.78. The van der Waals surface area contributed by atoms with Crippen LogP contribution in [0.2, 0.25) is 0 Å². The van der Waals surface area contributed by atoms with E-state index in [0.29, 0.717) is 35.7 Å². The van der Waals surface area contributed by atoms with E-state index in [4.69, 9.17) is 11.6 Å². The van der Waals surface area contributed by atoms with Gasteiger partial charge in [-0.15, -0.1) is 11.6 Å². The molecule has 6 atom stereocenters. The first-order valence-corrected chi connectivity index (χ1v) is 9.22. The Bertz CT molecular complexity index is 580. The fourth-order valence-electron chi connectivity index (χ4n) is 6.31. The van der Waals surface area contributed by atoms with Crippen molar-refractivity contribution in [3.8, 4) is 0 Å². The molecule has 22 heavy (non-hydrogen) atoms. The molecule has 120 valence electrons. The first-order chi connectivity index (χ1) is 10.4. The molecule has 0 aliphatic heterocycles. The number of fused-ring (bicyclic) bond motifs is 5. The molecule has 0 heterocycles. The molecule has 6 unspecified atom stereocenters. The average molecular weight is 321 g/mol. The Balaban J connectivity index is 1.70. The van der Waals surface area contributed by atoms with E-state index in [0.717, 1.165) is 38.5 Å². The minimum Gasteiger partial charge on any atom is -0.297 e. The Morgan fingerprint density at radius 3 is 2.59 bits per heavy atom. The lowest BCUT2D eigenvalue weighted by molar-refractivity contribution is -0.132. The van der Waals surface area contributed by atoms with Gasteiger partial charge in [-0.3, -0.25) is 9.59 Å². The number of rotatable bonds is 0. The first kappa shape index (κ1) is 14.9. The van der Waals surface area contributed by atoms with Crippen molar-refractivity contribution in [2.75, 3.05) is 0 Å². The Morgan fingerprint density at radius 1 is 1.05 bits per heavy atom. The van der Waals surface area contributed by atoms with Crippen LogP contribution in [-0.4, -0.2) is 16.9 Å². The summed E-state index contributed by atoms with van der Waals surface area (Å²) in [6.45, 7) is 4.54. The van der Waals surface area contributed by atoms with Gasteiger partial charge in [-0.1, -0.05) is 19.4 Å². The van der Waals surface area contributed by atoms with Gasteiger partial charge >= 0.3 is 0 Å². The molecule has 3 fully saturated rings. The van der Waals surface area contributed by atoms with Gasteiger partial charge in [0.15, 0.2) is 11.6 Å². The predicted molar refractivity (Wildman–Crippen MR) is 86.7 cm³/mol. The summed E-state index contributed by atoms with van der Waals surface area (Å²) in [7, 11) is 0. The molecule has 0 bridgehead atoms. The second kappa shape index (κ2) is 4.69. The third kappa shape index (κ3) is 1.79. The summed E-state index contributed by atoms with van der Waals surface area (Å²) in [5.74, 6) is 2.30. The number of allylic oxidation sites excluding steroid dienone is 1. The minimum absolute atomic E-state index is 0.185. The van der Waals surface area contributed by atoms with E-state index in [-0.39, 0.29) is 16.2 Å². The topological polar surface area (TPSA) is 34.1 Å². The van der Waals surface area contributed by atoms with Crippen LogP contribution in [0, 0.1) is 28.6 Å². The summed E-state index contributed by atoms with van der Waals surface area (Å²) in [5, 5.41) is -0.272. The van der Waals surface area contributed by atoms with Crippen molar-refractivity contribution in [3.63, 3.8) is 0 Å². The Kier molecular flexibility index (Phi) is 3.18. The maximum Gasteiger partial charge on any atom is 0.156 e. The normalized spacial score (nSPS) is 51.0. The first-order valence-electron chi connectivity index (χ1n) is 8.78. The third-order valence-corrected chi connectivity index (χ3v) is 8.04. The summed E-state index contributed by atoms with van der Waals surface area (Å²) in [6, 6.07) is 0. The van der Waals surface area contributed by atoms with Crippen LogP contribution in [0.1, 0.15) is 58.8 Å². The van der Waals surface area contributed by atoms with Gasteiger partial charge in [-0.25, -0.2) is 0 Å². The number of Topliss-reactive ketones (excluding diaryl/α,β-unsaturated/α-hetero) is 1. The molecule has 0 aromatic carbocycles. The Hall–Kier alpha value is -0.630. The largest absolute Gasteiger partial charge is 0.297 e. The number of hydrogen-bond donors (Lipinski definition) is 0. The average Bonchev–Trinajstić information content (AvgIpc) is 2.72. The zero-order valence-corrected chi connectivity index (χ0v) is 14.3. The van der Waals surface area contributed by atoms with Crippen LogP contribution in [0.15, 0.2) is 11.6 Å².